The molecule has 0 fully saturated rings. The van der Waals surface area contributed by atoms with Crippen LogP contribution in [-0.2, 0) is 0 Å². The van der Waals surface area contributed by atoms with Gasteiger partial charge in [0, 0.05) is 5.56 Å². The van der Waals surface area contributed by atoms with Crippen molar-refractivity contribution < 1.29 is 18.3 Å². The summed E-state index contributed by atoms with van der Waals surface area (Å²) in [4.78, 5) is 11.2. The fourth-order valence-corrected chi connectivity index (χ4v) is 1.43. The molecule has 2 nitrogen and oxygen atoms in total. The summed E-state index contributed by atoms with van der Waals surface area (Å²) >= 11 is 0. The predicted octanol–water partition coefficient (Wildman–Crippen LogP) is 3.11. The van der Waals surface area contributed by atoms with E-state index in [1.807, 2.05) is 0 Å². The molecule has 82 valence electrons. The Hall–Kier alpha value is -1.45. The summed E-state index contributed by atoms with van der Waals surface area (Å²) in [7, 11) is 0. The van der Waals surface area contributed by atoms with Crippen LogP contribution in [0, 0.1) is 13.8 Å². The molecule has 4 heteroatoms. The first-order valence-corrected chi connectivity index (χ1v) is 4.49. The van der Waals surface area contributed by atoms with Crippen LogP contribution in [0.25, 0.3) is 0 Å². The van der Waals surface area contributed by atoms with Gasteiger partial charge in [0.05, 0.1) is 0 Å². The second-order valence-electron chi connectivity index (χ2n) is 3.37. The summed E-state index contributed by atoms with van der Waals surface area (Å²) in [5, 5.41) is 0. The number of aryl methyl sites for hydroxylation is 2. The van der Waals surface area contributed by atoms with Gasteiger partial charge in [0.25, 0.3) is 0 Å². The first-order chi connectivity index (χ1) is 6.91. The number of halogens is 2. The van der Waals surface area contributed by atoms with E-state index in [-0.39, 0.29) is 11.5 Å². The van der Waals surface area contributed by atoms with Crippen LogP contribution in [0.5, 0.6) is 5.75 Å². The molecule has 0 aliphatic carbocycles. The normalized spacial score (nSPS) is 10.5. The van der Waals surface area contributed by atoms with Gasteiger partial charge in [0.15, 0.2) is 5.78 Å². The average molecular weight is 214 g/mol. The van der Waals surface area contributed by atoms with Crippen LogP contribution in [0.15, 0.2) is 12.1 Å². The molecule has 15 heavy (non-hydrogen) atoms. The molecule has 1 rings (SSSR count). The van der Waals surface area contributed by atoms with Crippen molar-refractivity contribution in [3.8, 4) is 5.75 Å². The molecule has 1 aromatic rings. The van der Waals surface area contributed by atoms with Crippen LogP contribution in [0.4, 0.5) is 8.78 Å². The molecular weight excluding hydrogens is 202 g/mol. The van der Waals surface area contributed by atoms with Gasteiger partial charge >= 0.3 is 6.61 Å². The second kappa shape index (κ2) is 4.38. The molecular formula is C11H12F2O2. The van der Waals surface area contributed by atoms with Crippen LogP contribution >= 0.6 is 0 Å². The highest BCUT2D eigenvalue weighted by molar-refractivity contribution is 5.96. The van der Waals surface area contributed by atoms with E-state index in [4.69, 9.17) is 0 Å². The number of ketones is 1. The molecule has 1 aromatic carbocycles. The maximum atomic E-state index is 12.0. The number of Topliss-reactive ketones (excluding diaryl/α,β-unsaturated/α-hetero) is 1. The summed E-state index contributed by atoms with van der Waals surface area (Å²) < 4.78 is 28.4. The van der Waals surface area contributed by atoms with Gasteiger partial charge in [-0.25, -0.2) is 0 Å². The molecule has 0 amide bonds. The van der Waals surface area contributed by atoms with Gasteiger partial charge in [-0.2, -0.15) is 8.78 Å². The van der Waals surface area contributed by atoms with Gasteiger partial charge in [-0.05, 0) is 38.0 Å². The Bertz CT molecular complexity index is 386. The summed E-state index contributed by atoms with van der Waals surface area (Å²) in [5.41, 5.74) is 1.77. The molecule has 0 atom stereocenters. The van der Waals surface area contributed by atoms with Gasteiger partial charge in [-0.1, -0.05) is 6.07 Å². The monoisotopic (exact) mass is 214 g/mol. The van der Waals surface area contributed by atoms with E-state index < -0.39 is 6.61 Å². The van der Waals surface area contributed by atoms with Crippen molar-refractivity contribution in [3.05, 3.63) is 28.8 Å². The van der Waals surface area contributed by atoms with Crippen molar-refractivity contribution in [3.63, 3.8) is 0 Å². The van der Waals surface area contributed by atoms with E-state index in [0.29, 0.717) is 11.1 Å². The fraction of sp³-hybridized carbons (Fsp3) is 0.364. The van der Waals surface area contributed by atoms with E-state index in [0.717, 1.165) is 5.56 Å². The van der Waals surface area contributed by atoms with Crippen molar-refractivity contribution >= 4 is 5.78 Å². The number of alkyl halides is 2. The molecule has 0 spiro atoms. The minimum atomic E-state index is -2.87. The SMILES string of the molecule is CC(=O)c1cc(OC(F)F)c(C)cc1C. The van der Waals surface area contributed by atoms with E-state index in [1.165, 1.54) is 13.0 Å². The van der Waals surface area contributed by atoms with Gasteiger partial charge in [-0.3, -0.25) is 4.79 Å². The number of benzene rings is 1. The number of rotatable bonds is 3. The molecule has 0 aliphatic rings. The zero-order valence-electron chi connectivity index (χ0n) is 8.80. The van der Waals surface area contributed by atoms with E-state index >= 15 is 0 Å². The van der Waals surface area contributed by atoms with Crippen LogP contribution in [-0.4, -0.2) is 12.4 Å². The minimum absolute atomic E-state index is 0.0563. The Morgan fingerprint density at radius 2 is 1.87 bits per heavy atom. The summed E-state index contributed by atoms with van der Waals surface area (Å²) in [5.74, 6) is -0.104. The summed E-state index contributed by atoms with van der Waals surface area (Å²) in [6.07, 6.45) is 0. The predicted molar refractivity (Wildman–Crippen MR) is 52.6 cm³/mol. The third-order valence-corrected chi connectivity index (χ3v) is 2.12. The lowest BCUT2D eigenvalue weighted by molar-refractivity contribution is -0.0503. The number of carbonyl (C=O) groups is 1. The van der Waals surface area contributed by atoms with Crippen molar-refractivity contribution in [2.45, 2.75) is 27.4 Å². The van der Waals surface area contributed by atoms with E-state index in [9.17, 15) is 13.6 Å². The van der Waals surface area contributed by atoms with Crippen LogP contribution in [0.1, 0.15) is 28.4 Å². The first-order valence-electron chi connectivity index (χ1n) is 4.49. The molecule has 0 bridgehead atoms. The number of ether oxygens (including phenoxy) is 1. The van der Waals surface area contributed by atoms with Crippen molar-refractivity contribution in [1.82, 2.24) is 0 Å². The number of hydrogen-bond donors (Lipinski definition) is 0. The third-order valence-electron chi connectivity index (χ3n) is 2.12. The number of hydrogen-bond acceptors (Lipinski definition) is 2. The minimum Gasteiger partial charge on any atom is -0.435 e. The zero-order chi connectivity index (χ0) is 11.6. The van der Waals surface area contributed by atoms with Crippen molar-refractivity contribution in [2.24, 2.45) is 0 Å². The maximum Gasteiger partial charge on any atom is 0.387 e. The fourth-order valence-electron chi connectivity index (χ4n) is 1.43. The van der Waals surface area contributed by atoms with E-state index in [2.05, 4.69) is 4.74 Å². The lowest BCUT2D eigenvalue weighted by atomic mass is 10.0. The van der Waals surface area contributed by atoms with E-state index in [1.54, 1.807) is 19.9 Å². The Morgan fingerprint density at radius 1 is 1.27 bits per heavy atom. The molecule has 0 saturated heterocycles. The van der Waals surface area contributed by atoms with Crippen LogP contribution in [0.2, 0.25) is 0 Å². The molecule has 0 aliphatic heterocycles. The highest BCUT2D eigenvalue weighted by atomic mass is 19.3. The highest BCUT2D eigenvalue weighted by Gasteiger charge is 2.12. The van der Waals surface area contributed by atoms with Crippen molar-refractivity contribution in [1.29, 1.82) is 0 Å². The topological polar surface area (TPSA) is 26.3 Å². The molecule has 0 aromatic heterocycles. The standard InChI is InChI=1S/C11H12F2O2/c1-6-4-7(2)10(15-11(12)13)5-9(6)8(3)14/h4-5,11H,1-3H3. The van der Waals surface area contributed by atoms with Gasteiger partial charge in [-0.15, -0.1) is 0 Å². The smallest absolute Gasteiger partial charge is 0.387 e. The van der Waals surface area contributed by atoms with Crippen LogP contribution < -0.4 is 4.74 Å². The van der Waals surface area contributed by atoms with Gasteiger partial charge in [0.2, 0.25) is 0 Å². The Kier molecular flexibility index (Phi) is 3.39. The molecule has 0 N–H and O–H groups in total. The molecule has 0 radical (unpaired) electrons. The Balaban J connectivity index is 3.17. The van der Waals surface area contributed by atoms with Crippen molar-refractivity contribution in [2.75, 3.05) is 0 Å². The molecule has 0 heterocycles. The quantitative estimate of drug-likeness (QED) is 0.722. The Labute approximate surface area is 86.9 Å². The average Bonchev–Trinajstić information content (AvgIpc) is 2.08. The lowest BCUT2D eigenvalue weighted by Crippen LogP contribution is -2.06. The lowest BCUT2D eigenvalue weighted by Gasteiger charge is -2.11. The van der Waals surface area contributed by atoms with Gasteiger partial charge in [0.1, 0.15) is 5.75 Å². The third kappa shape index (κ3) is 2.75. The Morgan fingerprint density at radius 3 is 2.33 bits per heavy atom. The molecule has 0 saturated carbocycles. The first kappa shape index (κ1) is 11.6. The molecule has 0 unspecified atom stereocenters. The summed E-state index contributed by atoms with van der Waals surface area (Å²) in [6.45, 7) is 1.94. The summed E-state index contributed by atoms with van der Waals surface area (Å²) in [6, 6.07) is 3.02. The number of carbonyl (C=O) groups excluding carboxylic acids is 1. The van der Waals surface area contributed by atoms with Crippen LogP contribution in [0.3, 0.4) is 0 Å². The largest absolute Gasteiger partial charge is 0.435 e. The zero-order valence-corrected chi connectivity index (χ0v) is 8.80. The maximum absolute atomic E-state index is 12.0. The second-order valence-corrected chi connectivity index (χ2v) is 3.37. The van der Waals surface area contributed by atoms with Gasteiger partial charge < -0.3 is 4.74 Å². The highest BCUT2D eigenvalue weighted by Crippen LogP contribution is 2.24.